The third kappa shape index (κ3) is 6.80. The second kappa shape index (κ2) is 8.87. The average molecular weight is 296 g/mol. The molecule has 0 aromatic carbocycles. The summed E-state index contributed by atoms with van der Waals surface area (Å²) in [4.78, 5) is 16.1. The number of hydrogen-bond acceptors (Lipinski definition) is 3. The van der Waals surface area contributed by atoms with E-state index >= 15 is 0 Å². The lowest BCUT2D eigenvalue weighted by molar-refractivity contribution is -0.121. The summed E-state index contributed by atoms with van der Waals surface area (Å²) in [5.74, 6) is 0.913. The maximum absolute atomic E-state index is 11.6. The molecule has 1 amide bonds. The van der Waals surface area contributed by atoms with Crippen LogP contribution in [0, 0.1) is 0 Å². The lowest BCUT2D eigenvalue weighted by Crippen LogP contribution is -2.43. The number of carbonyl (C=O) groups is 1. The van der Waals surface area contributed by atoms with E-state index in [2.05, 4.69) is 20.9 Å². The van der Waals surface area contributed by atoms with Crippen LogP contribution < -0.4 is 16.0 Å². The molecule has 3 N–H and O–H groups in total. The SMILES string of the molecule is COCCNC(=O)CCN=C(NC1CCCC1)NC1CC1. The van der Waals surface area contributed by atoms with Crippen LogP contribution in [-0.2, 0) is 9.53 Å². The molecule has 0 aromatic heterocycles. The highest BCUT2D eigenvalue weighted by atomic mass is 16.5. The molecule has 2 aliphatic carbocycles. The summed E-state index contributed by atoms with van der Waals surface area (Å²) < 4.78 is 4.90. The van der Waals surface area contributed by atoms with Gasteiger partial charge in [0.25, 0.3) is 0 Å². The average Bonchev–Trinajstić information content (AvgIpc) is 3.12. The summed E-state index contributed by atoms with van der Waals surface area (Å²) in [5, 5.41) is 9.74. The largest absolute Gasteiger partial charge is 0.383 e. The molecule has 21 heavy (non-hydrogen) atoms. The summed E-state index contributed by atoms with van der Waals surface area (Å²) in [5.41, 5.74) is 0. The van der Waals surface area contributed by atoms with Crippen LogP contribution >= 0.6 is 0 Å². The van der Waals surface area contributed by atoms with E-state index < -0.39 is 0 Å². The molecule has 6 nitrogen and oxygen atoms in total. The lowest BCUT2D eigenvalue weighted by atomic mass is 10.2. The zero-order valence-corrected chi connectivity index (χ0v) is 13.0. The molecule has 0 radical (unpaired) electrons. The number of nitrogens with zero attached hydrogens (tertiary/aromatic N) is 1. The topological polar surface area (TPSA) is 74.8 Å². The van der Waals surface area contributed by atoms with Gasteiger partial charge in [-0.05, 0) is 25.7 Å². The molecular formula is C15H28N4O2. The number of guanidine groups is 1. The predicted octanol–water partition coefficient (Wildman–Crippen LogP) is 0.779. The highest BCUT2D eigenvalue weighted by molar-refractivity contribution is 5.81. The van der Waals surface area contributed by atoms with Crippen molar-refractivity contribution in [3.05, 3.63) is 0 Å². The summed E-state index contributed by atoms with van der Waals surface area (Å²) in [6, 6.07) is 1.12. The zero-order valence-electron chi connectivity index (χ0n) is 13.0. The summed E-state index contributed by atoms with van der Waals surface area (Å²) in [6.45, 7) is 1.63. The van der Waals surface area contributed by atoms with Crippen molar-refractivity contribution in [1.82, 2.24) is 16.0 Å². The van der Waals surface area contributed by atoms with Gasteiger partial charge < -0.3 is 20.7 Å². The zero-order chi connectivity index (χ0) is 14.9. The molecule has 120 valence electrons. The fourth-order valence-electron chi connectivity index (χ4n) is 2.47. The standard InChI is InChI=1S/C15H28N4O2/c1-21-11-10-16-14(20)8-9-17-15(19-13-6-7-13)18-12-4-2-3-5-12/h12-13H,2-11H2,1H3,(H,16,20)(H2,17,18,19). The summed E-state index contributed by atoms with van der Waals surface area (Å²) in [7, 11) is 1.63. The maximum Gasteiger partial charge on any atom is 0.221 e. The number of ether oxygens (including phenoxy) is 1. The molecule has 0 heterocycles. The molecule has 2 aliphatic rings. The van der Waals surface area contributed by atoms with E-state index in [1.807, 2.05) is 0 Å². The Labute approximate surface area is 127 Å². The van der Waals surface area contributed by atoms with Gasteiger partial charge in [0, 0.05) is 32.2 Å². The van der Waals surface area contributed by atoms with E-state index in [-0.39, 0.29) is 5.91 Å². The van der Waals surface area contributed by atoms with Crippen molar-refractivity contribution in [3.63, 3.8) is 0 Å². The Morgan fingerprint density at radius 3 is 2.43 bits per heavy atom. The minimum Gasteiger partial charge on any atom is -0.383 e. The lowest BCUT2D eigenvalue weighted by Gasteiger charge is -2.17. The van der Waals surface area contributed by atoms with Crippen LogP contribution in [0.4, 0.5) is 0 Å². The Morgan fingerprint density at radius 2 is 1.81 bits per heavy atom. The maximum atomic E-state index is 11.6. The molecule has 0 bridgehead atoms. The van der Waals surface area contributed by atoms with Crippen LogP contribution in [0.2, 0.25) is 0 Å². The van der Waals surface area contributed by atoms with Gasteiger partial charge in [0.15, 0.2) is 5.96 Å². The number of carbonyl (C=O) groups excluding carboxylic acids is 1. The van der Waals surface area contributed by atoms with Crippen LogP contribution in [0.5, 0.6) is 0 Å². The van der Waals surface area contributed by atoms with Gasteiger partial charge in [0.1, 0.15) is 0 Å². The molecule has 0 unspecified atom stereocenters. The Hall–Kier alpha value is -1.30. The monoisotopic (exact) mass is 296 g/mol. The van der Waals surface area contributed by atoms with Gasteiger partial charge in [-0.15, -0.1) is 0 Å². The van der Waals surface area contributed by atoms with Gasteiger partial charge in [-0.2, -0.15) is 0 Å². The molecule has 0 spiro atoms. The van der Waals surface area contributed by atoms with Crippen LogP contribution in [0.25, 0.3) is 0 Å². The number of nitrogens with one attached hydrogen (secondary N) is 3. The third-order valence-corrected chi connectivity index (χ3v) is 3.85. The molecule has 0 aromatic rings. The van der Waals surface area contributed by atoms with E-state index in [1.165, 1.54) is 38.5 Å². The van der Waals surface area contributed by atoms with Gasteiger partial charge in [0.2, 0.25) is 5.91 Å². The Bertz CT molecular complexity index is 350. The predicted molar refractivity (Wildman–Crippen MR) is 83.4 cm³/mol. The van der Waals surface area contributed by atoms with Crippen molar-refractivity contribution in [3.8, 4) is 0 Å². The van der Waals surface area contributed by atoms with Gasteiger partial charge in [-0.3, -0.25) is 9.79 Å². The third-order valence-electron chi connectivity index (χ3n) is 3.85. The molecule has 0 saturated heterocycles. The smallest absolute Gasteiger partial charge is 0.221 e. The quantitative estimate of drug-likeness (QED) is 0.351. The van der Waals surface area contributed by atoms with E-state index in [1.54, 1.807) is 7.11 Å². The number of methoxy groups -OCH3 is 1. The van der Waals surface area contributed by atoms with Gasteiger partial charge in [-0.1, -0.05) is 12.8 Å². The minimum atomic E-state index is 0.0300. The first-order valence-corrected chi connectivity index (χ1v) is 8.11. The normalized spacial score (nSPS) is 19.6. The van der Waals surface area contributed by atoms with Crippen molar-refractivity contribution < 1.29 is 9.53 Å². The Morgan fingerprint density at radius 1 is 1.14 bits per heavy atom. The number of rotatable bonds is 8. The first-order chi connectivity index (χ1) is 10.3. The van der Waals surface area contributed by atoms with Gasteiger partial charge in [-0.25, -0.2) is 0 Å². The highest BCUT2D eigenvalue weighted by Gasteiger charge is 2.24. The van der Waals surface area contributed by atoms with Crippen molar-refractivity contribution in [2.75, 3.05) is 26.8 Å². The fraction of sp³-hybridized carbons (Fsp3) is 0.867. The molecule has 6 heteroatoms. The van der Waals surface area contributed by atoms with Crippen LogP contribution in [0.3, 0.4) is 0 Å². The molecule has 2 rings (SSSR count). The highest BCUT2D eigenvalue weighted by Crippen LogP contribution is 2.20. The Kier molecular flexibility index (Phi) is 6.79. The first kappa shape index (κ1) is 16.1. The van der Waals surface area contributed by atoms with Crippen molar-refractivity contribution in [1.29, 1.82) is 0 Å². The fourth-order valence-corrected chi connectivity index (χ4v) is 2.47. The van der Waals surface area contributed by atoms with E-state index in [4.69, 9.17) is 4.74 Å². The molecular weight excluding hydrogens is 268 g/mol. The van der Waals surface area contributed by atoms with E-state index in [0.717, 1.165) is 5.96 Å². The second-order valence-corrected chi connectivity index (χ2v) is 5.87. The first-order valence-electron chi connectivity index (χ1n) is 8.11. The summed E-state index contributed by atoms with van der Waals surface area (Å²) in [6.07, 6.45) is 7.93. The van der Waals surface area contributed by atoms with Crippen molar-refractivity contribution >= 4 is 11.9 Å². The summed E-state index contributed by atoms with van der Waals surface area (Å²) >= 11 is 0. The molecule has 2 saturated carbocycles. The Balaban J connectivity index is 1.69. The van der Waals surface area contributed by atoms with Crippen LogP contribution in [0.15, 0.2) is 4.99 Å². The van der Waals surface area contributed by atoms with Crippen LogP contribution in [-0.4, -0.2) is 50.8 Å². The van der Waals surface area contributed by atoms with E-state index in [0.29, 0.717) is 38.2 Å². The number of amides is 1. The molecule has 0 atom stereocenters. The number of hydrogen-bond donors (Lipinski definition) is 3. The number of aliphatic imine (C=N–C) groups is 1. The second-order valence-electron chi connectivity index (χ2n) is 5.87. The van der Waals surface area contributed by atoms with Crippen LogP contribution in [0.1, 0.15) is 44.9 Å². The minimum absolute atomic E-state index is 0.0300. The van der Waals surface area contributed by atoms with Crippen molar-refractivity contribution in [2.24, 2.45) is 4.99 Å². The molecule has 2 fully saturated rings. The van der Waals surface area contributed by atoms with Crippen molar-refractivity contribution in [2.45, 2.75) is 57.0 Å². The van der Waals surface area contributed by atoms with E-state index in [9.17, 15) is 4.79 Å². The molecule has 0 aliphatic heterocycles. The van der Waals surface area contributed by atoms with Gasteiger partial charge >= 0.3 is 0 Å². The van der Waals surface area contributed by atoms with Gasteiger partial charge in [0.05, 0.1) is 13.2 Å².